The monoisotopic (exact) mass is 619 g/mol. The maximum absolute atomic E-state index is 14.7. The van der Waals surface area contributed by atoms with E-state index in [9.17, 15) is 9.18 Å². The van der Waals surface area contributed by atoms with Crippen LogP contribution in [-0.4, -0.2) is 95.7 Å². The Bertz CT molecular complexity index is 1490. The van der Waals surface area contributed by atoms with Gasteiger partial charge in [0.2, 0.25) is 0 Å². The molecule has 45 heavy (non-hydrogen) atoms. The van der Waals surface area contributed by atoms with E-state index in [0.717, 1.165) is 68.8 Å². The molecule has 1 saturated heterocycles. The highest BCUT2D eigenvalue weighted by Crippen LogP contribution is 2.48. The van der Waals surface area contributed by atoms with Gasteiger partial charge in [-0.05, 0) is 109 Å². The number of likely N-dealkylation sites (N-methyl/N-ethyl adjacent to an activating group) is 1. The van der Waals surface area contributed by atoms with Crippen molar-refractivity contribution < 1.29 is 13.9 Å². The summed E-state index contributed by atoms with van der Waals surface area (Å²) in [5, 5.41) is 1.25. The predicted octanol–water partition coefficient (Wildman–Crippen LogP) is 6.52. The first kappa shape index (κ1) is 33.6. The third-order valence-electron chi connectivity index (χ3n) is 10.4. The molecule has 246 valence electrons. The van der Waals surface area contributed by atoms with Gasteiger partial charge < -0.3 is 19.1 Å². The van der Waals surface area contributed by atoms with E-state index >= 15 is 0 Å². The summed E-state index contributed by atoms with van der Waals surface area (Å²) in [6.45, 7) is 18.6. The van der Waals surface area contributed by atoms with Crippen molar-refractivity contribution in [3.05, 3.63) is 58.8 Å². The number of aryl methyl sites for hydroxylation is 1. The van der Waals surface area contributed by atoms with Crippen molar-refractivity contribution in [2.24, 2.45) is 11.3 Å². The zero-order chi connectivity index (χ0) is 32.5. The molecule has 1 spiro atoms. The van der Waals surface area contributed by atoms with Gasteiger partial charge in [-0.1, -0.05) is 13.8 Å². The van der Waals surface area contributed by atoms with Crippen molar-refractivity contribution in [3.63, 3.8) is 0 Å². The number of halogens is 1. The maximum Gasteiger partial charge on any atom is 0.256 e. The number of aromatic nitrogens is 2. The fourth-order valence-electron chi connectivity index (χ4n) is 8.07. The summed E-state index contributed by atoms with van der Waals surface area (Å²) in [4.78, 5) is 25.3. The van der Waals surface area contributed by atoms with E-state index in [0.29, 0.717) is 24.1 Å². The van der Waals surface area contributed by atoms with E-state index in [2.05, 4.69) is 47.2 Å². The minimum absolute atomic E-state index is 0.0190. The summed E-state index contributed by atoms with van der Waals surface area (Å²) in [5.74, 6) is 0.0881. The summed E-state index contributed by atoms with van der Waals surface area (Å²) in [6, 6.07) is 5.30. The van der Waals surface area contributed by atoms with Crippen LogP contribution >= 0.6 is 0 Å². The average molecular weight is 620 g/mol. The van der Waals surface area contributed by atoms with Crippen LogP contribution in [0.25, 0.3) is 16.6 Å². The molecule has 2 aromatic heterocycles. The summed E-state index contributed by atoms with van der Waals surface area (Å²) < 4.78 is 22.2. The number of fused-ring (bicyclic) bond motifs is 3. The molecular formula is C37H54FN5O2. The van der Waals surface area contributed by atoms with Crippen LogP contribution in [0.3, 0.4) is 0 Å². The Morgan fingerprint density at radius 1 is 1.16 bits per heavy atom. The van der Waals surface area contributed by atoms with E-state index < -0.39 is 5.82 Å². The average Bonchev–Trinajstić information content (AvgIpc) is 3.31. The second-order valence-electron chi connectivity index (χ2n) is 14.3. The zero-order valence-electron chi connectivity index (χ0n) is 28.8. The SMILES string of the molecule is CCN(C(=O)c1cc(F)ccc1-n1c2c(c3c(C)cncc31)CC1(CC2)CN([C@@H](CCCN(C)CCOC)C(C)C)C1)C(C)C. The fourth-order valence-corrected chi connectivity index (χ4v) is 8.07. The van der Waals surface area contributed by atoms with Gasteiger partial charge in [-0.3, -0.25) is 14.7 Å². The molecule has 5 rings (SSSR count). The lowest BCUT2D eigenvalue weighted by Crippen LogP contribution is -2.62. The van der Waals surface area contributed by atoms with Gasteiger partial charge in [0.15, 0.2) is 0 Å². The lowest BCUT2D eigenvalue weighted by atomic mass is 9.66. The third-order valence-corrected chi connectivity index (χ3v) is 10.4. The second-order valence-corrected chi connectivity index (χ2v) is 14.3. The van der Waals surface area contributed by atoms with Crippen LogP contribution in [0.5, 0.6) is 0 Å². The minimum atomic E-state index is -0.392. The van der Waals surface area contributed by atoms with Crippen LogP contribution in [0.15, 0.2) is 30.6 Å². The summed E-state index contributed by atoms with van der Waals surface area (Å²) in [6.07, 6.45) is 9.36. The Morgan fingerprint density at radius 2 is 1.91 bits per heavy atom. The number of likely N-dealkylation sites (tertiary alicyclic amines) is 1. The number of amides is 1. The fraction of sp³-hybridized carbons (Fsp3) is 0.622. The van der Waals surface area contributed by atoms with Gasteiger partial charge in [-0.25, -0.2) is 4.39 Å². The van der Waals surface area contributed by atoms with E-state index in [4.69, 9.17) is 4.74 Å². The molecule has 1 aromatic carbocycles. The number of nitrogens with zero attached hydrogens (tertiary/aromatic N) is 5. The first-order valence-corrected chi connectivity index (χ1v) is 17.0. The van der Waals surface area contributed by atoms with Gasteiger partial charge in [0, 0.05) is 68.1 Å². The van der Waals surface area contributed by atoms with Crippen LogP contribution < -0.4 is 0 Å². The Morgan fingerprint density at radius 3 is 2.58 bits per heavy atom. The number of rotatable bonds is 13. The number of methoxy groups -OCH3 is 1. The minimum Gasteiger partial charge on any atom is -0.383 e. The van der Waals surface area contributed by atoms with E-state index in [1.165, 1.54) is 41.6 Å². The molecule has 0 N–H and O–H groups in total. The first-order chi connectivity index (χ1) is 21.5. The molecule has 3 aromatic rings. The molecule has 3 heterocycles. The molecule has 0 saturated carbocycles. The molecule has 1 amide bonds. The first-order valence-electron chi connectivity index (χ1n) is 17.0. The standard InChI is InChI=1S/C37H54FN5O2/c1-9-42(26(4)5)36(44)29-19-28(38)12-13-32(29)43-33-14-15-37(20-30(33)35-27(6)21-39-22-34(35)43)23-41(24-37)31(25(2)3)11-10-16-40(7)17-18-45-8/h12-13,19,21-22,25-26,31H,9-11,14-18,20,23-24H2,1-8H3/t31-/m0/s1. The van der Waals surface area contributed by atoms with Crippen LogP contribution in [0.2, 0.25) is 0 Å². The van der Waals surface area contributed by atoms with Gasteiger partial charge >= 0.3 is 0 Å². The lowest BCUT2D eigenvalue weighted by Gasteiger charge is -2.56. The van der Waals surface area contributed by atoms with Gasteiger partial charge in [0.1, 0.15) is 5.82 Å². The van der Waals surface area contributed by atoms with Crippen molar-refractivity contribution in [2.45, 2.75) is 85.7 Å². The predicted molar refractivity (Wildman–Crippen MR) is 181 cm³/mol. The molecule has 1 fully saturated rings. The van der Waals surface area contributed by atoms with Crippen LogP contribution in [0.1, 0.15) is 81.1 Å². The quantitative estimate of drug-likeness (QED) is 0.218. The van der Waals surface area contributed by atoms with Crippen LogP contribution in [-0.2, 0) is 17.6 Å². The van der Waals surface area contributed by atoms with Crippen molar-refractivity contribution in [3.8, 4) is 5.69 Å². The highest BCUT2D eigenvalue weighted by Gasteiger charge is 2.48. The normalized spacial score (nSPS) is 17.0. The van der Waals surface area contributed by atoms with E-state index in [1.807, 2.05) is 33.2 Å². The smallest absolute Gasteiger partial charge is 0.256 e. The third kappa shape index (κ3) is 6.70. The highest BCUT2D eigenvalue weighted by atomic mass is 19.1. The topological polar surface area (TPSA) is 53.8 Å². The molecule has 1 aliphatic heterocycles. The maximum atomic E-state index is 14.7. The second kappa shape index (κ2) is 13.9. The zero-order valence-corrected chi connectivity index (χ0v) is 28.8. The molecule has 0 unspecified atom stereocenters. The van der Waals surface area contributed by atoms with Gasteiger partial charge in [-0.2, -0.15) is 0 Å². The highest BCUT2D eigenvalue weighted by molar-refractivity contribution is 5.99. The summed E-state index contributed by atoms with van der Waals surface area (Å²) in [7, 11) is 3.95. The van der Waals surface area contributed by atoms with Gasteiger partial charge in [0.25, 0.3) is 5.91 Å². The summed E-state index contributed by atoms with van der Waals surface area (Å²) >= 11 is 0. The van der Waals surface area contributed by atoms with Crippen molar-refractivity contribution in [2.75, 3.05) is 53.5 Å². The molecule has 0 bridgehead atoms. The number of carbonyl (C=O) groups excluding carboxylic acids is 1. The number of pyridine rings is 1. The van der Waals surface area contributed by atoms with Crippen molar-refractivity contribution in [1.82, 2.24) is 24.3 Å². The number of ether oxygens (including phenoxy) is 1. The van der Waals surface area contributed by atoms with Crippen molar-refractivity contribution >= 4 is 16.8 Å². The molecule has 1 aliphatic carbocycles. The molecule has 1 atom stereocenters. The molecule has 0 radical (unpaired) electrons. The van der Waals surface area contributed by atoms with E-state index in [1.54, 1.807) is 18.1 Å². The number of hydrogen-bond acceptors (Lipinski definition) is 5. The number of benzene rings is 1. The Kier molecular flexibility index (Phi) is 10.4. The van der Waals surface area contributed by atoms with E-state index in [-0.39, 0.29) is 17.4 Å². The Balaban J connectivity index is 1.43. The summed E-state index contributed by atoms with van der Waals surface area (Å²) in [5.41, 5.74) is 6.23. The molecule has 2 aliphatic rings. The number of hydrogen-bond donors (Lipinski definition) is 0. The van der Waals surface area contributed by atoms with Gasteiger partial charge in [-0.15, -0.1) is 0 Å². The Labute approximate surface area is 269 Å². The largest absolute Gasteiger partial charge is 0.383 e. The Hall–Kier alpha value is -2.81. The van der Waals surface area contributed by atoms with Crippen LogP contribution in [0, 0.1) is 24.1 Å². The molecular weight excluding hydrogens is 565 g/mol. The van der Waals surface area contributed by atoms with Crippen LogP contribution in [0.4, 0.5) is 4.39 Å². The molecule has 8 heteroatoms. The molecule has 7 nitrogen and oxygen atoms in total. The number of carbonyl (C=O) groups is 1. The van der Waals surface area contributed by atoms with Crippen molar-refractivity contribution in [1.29, 1.82) is 0 Å². The lowest BCUT2D eigenvalue weighted by molar-refractivity contribution is -0.0557. The van der Waals surface area contributed by atoms with Gasteiger partial charge in [0.05, 0.1) is 29.6 Å².